The molecule has 1 atom stereocenters. The second kappa shape index (κ2) is 6.60. The molecule has 0 fully saturated rings. The van der Waals surface area contributed by atoms with E-state index in [1.54, 1.807) is 4.90 Å². The first-order valence-electron chi connectivity index (χ1n) is 7.46. The third-order valence-electron chi connectivity index (χ3n) is 3.42. The van der Waals surface area contributed by atoms with Crippen molar-refractivity contribution in [3.63, 3.8) is 0 Å². The summed E-state index contributed by atoms with van der Waals surface area (Å²) in [6.45, 7) is 7.74. The van der Waals surface area contributed by atoms with Crippen LogP contribution in [-0.4, -0.2) is 39.1 Å². The molecule has 5 nitrogen and oxygen atoms in total. The van der Waals surface area contributed by atoms with Crippen LogP contribution in [0, 0.1) is 0 Å². The summed E-state index contributed by atoms with van der Waals surface area (Å²) in [5, 5.41) is 0. The molecule has 0 aromatic carbocycles. The molecule has 7 heteroatoms. The molecule has 2 rings (SSSR count). The highest BCUT2D eigenvalue weighted by atomic mass is 19.3. The first-order valence-corrected chi connectivity index (χ1v) is 7.46. The van der Waals surface area contributed by atoms with E-state index >= 15 is 0 Å². The number of amides is 1. The first kappa shape index (κ1) is 17.3. The van der Waals surface area contributed by atoms with Crippen molar-refractivity contribution in [1.29, 1.82) is 0 Å². The van der Waals surface area contributed by atoms with Crippen molar-refractivity contribution in [2.45, 2.75) is 52.2 Å². The van der Waals surface area contributed by atoms with Crippen LogP contribution in [0.15, 0.2) is 18.5 Å². The van der Waals surface area contributed by atoms with E-state index in [1.807, 2.05) is 33.8 Å². The zero-order valence-electron chi connectivity index (χ0n) is 13.7. The first-order chi connectivity index (χ1) is 10.7. The Hall–Kier alpha value is -2.05. The van der Waals surface area contributed by atoms with Crippen molar-refractivity contribution in [3.05, 3.63) is 29.9 Å². The molecule has 23 heavy (non-hydrogen) atoms. The normalized spacial score (nSPS) is 18.8. The Kier molecular flexibility index (Phi) is 4.97. The maximum Gasteiger partial charge on any atom is 0.410 e. The van der Waals surface area contributed by atoms with Crippen LogP contribution in [0.4, 0.5) is 13.6 Å². The minimum Gasteiger partial charge on any atom is -0.444 e. The lowest BCUT2D eigenvalue weighted by Gasteiger charge is -2.34. The molecule has 0 N–H and O–H groups in total. The summed E-state index contributed by atoms with van der Waals surface area (Å²) in [6.07, 6.45) is 1.71. The van der Waals surface area contributed by atoms with Crippen LogP contribution >= 0.6 is 0 Å². The molecule has 0 saturated heterocycles. The van der Waals surface area contributed by atoms with Crippen LogP contribution in [0.3, 0.4) is 0 Å². The summed E-state index contributed by atoms with van der Waals surface area (Å²) < 4.78 is 30.4. The molecule has 1 aromatic rings. The minimum atomic E-state index is -2.58. The number of hydrogen-bond acceptors (Lipinski definition) is 4. The van der Waals surface area contributed by atoms with Gasteiger partial charge >= 0.3 is 6.09 Å². The molecule has 1 aromatic heterocycles. The Morgan fingerprint density at radius 2 is 1.96 bits per heavy atom. The van der Waals surface area contributed by atoms with Crippen molar-refractivity contribution in [2.75, 3.05) is 6.54 Å². The Bertz CT molecular complexity index is 594. The molecule has 1 aliphatic heterocycles. The van der Waals surface area contributed by atoms with E-state index in [4.69, 9.17) is 4.74 Å². The van der Waals surface area contributed by atoms with Crippen molar-refractivity contribution < 1.29 is 18.3 Å². The van der Waals surface area contributed by atoms with Crippen molar-refractivity contribution >= 4 is 11.7 Å². The average molecular weight is 325 g/mol. The highest BCUT2D eigenvalue weighted by Gasteiger charge is 2.29. The molecule has 1 amide bonds. The van der Waals surface area contributed by atoms with Crippen molar-refractivity contribution in [1.82, 2.24) is 14.9 Å². The molecule has 0 radical (unpaired) electrons. The van der Waals surface area contributed by atoms with Crippen LogP contribution in [0.1, 0.15) is 51.9 Å². The van der Waals surface area contributed by atoms with E-state index in [0.29, 0.717) is 18.8 Å². The van der Waals surface area contributed by atoms with Gasteiger partial charge in [-0.25, -0.2) is 23.5 Å². The molecule has 126 valence electrons. The molecule has 0 aliphatic carbocycles. The summed E-state index contributed by atoms with van der Waals surface area (Å²) in [5.41, 5.74) is 0.0985. The Labute approximate surface area is 134 Å². The van der Waals surface area contributed by atoms with Gasteiger partial charge in [0, 0.05) is 25.0 Å². The van der Waals surface area contributed by atoms with Gasteiger partial charge in [-0.2, -0.15) is 0 Å². The number of carbonyl (C=O) groups excluding carboxylic acids is 1. The average Bonchev–Trinajstić information content (AvgIpc) is 2.45. The largest absolute Gasteiger partial charge is 0.444 e. The molecular formula is C16H21F2N3O2. The van der Waals surface area contributed by atoms with Crippen LogP contribution in [-0.2, 0) is 4.74 Å². The van der Waals surface area contributed by atoms with E-state index in [1.165, 1.54) is 0 Å². The van der Waals surface area contributed by atoms with Gasteiger partial charge in [0.15, 0.2) is 5.82 Å². The molecule has 0 saturated carbocycles. The van der Waals surface area contributed by atoms with E-state index < -0.39 is 12.0 Å². The lowest BCUT2D eigenvalue weighted by atomic mass is 10.0. The number of ether oxygens (including phenoxy) is 1. The van der Waals surface area contributed by atoms with Crippen LogP contribution in [0.2, 0.25) is 0 Å². The maximum absolute atomic E-state index is 12.5. The van der Waals surface area contributed by atoms with Gasteiger partial charge in [0.2, 0.25) is 0 Å². The lowest BCUT2D eigenvalue weighted by molar-refractivity contribution is 0.0198. The molecule has 0 bridgehead atoms. The lowest BCUT2D eigenvalue weighted by Crippen LogP contribution is -2.44. The van der Waals surface area contributed by atoms with E-state index in [0.717, 1.165) is 18.0 Å². The minimum absolute atomic E-state index is 0.0803. The monoisotopic (exact) mass is 325 g/mol. The predicted octanol–water partition coefficient (Wildman–Crippen LogP) is 3.83. The molecule has 0 unspecified atom stereocenters. The zero-order chi connectivity index (χ0) is 17.2. The predicted molar refractivity (Wildman–Crippen MR) is 82.0 cm³/mol. The fraction of sp³-hybridized carbons (Fsp3) is 0.562. The summed E-state index contributed by atoms with van der Waals surface area (Å²) in [7, 11) is 0. The fourth-order valence-electron chi connectivity index (χ4n) is 2.27. The third-order valence-corrected chi connectivity index (χ3v) is 3.42. The number of carbonyl (C=O) groups is 1. The maximum atomic E-state index is 12.5. The van der Waals surface area contributed by atoms with E-state index in [-0.39, 0.29) is 17.7 Å². The van der Waals surface area contributed by atoms with E-state index in [9.17, 15) is 13.6 Å². The number of nitrogens with zero attached hydrogens (tertiary/aromatic N) is 3. The highest BCUT2D eigenvalue weighted by Crippen LogP contribution is 2.26. The number of alkyl halides is 2. The van der Waals surface area contributed by atoms with Gasteiger partial charge in [0.05, 0.1) is 5.56 Å². The second-order valence-electron chi connectivity index (χ2n) is 6.56. The smallest absolute Gasteiger partial charge is 0.410 e. The molecule has 1 aliphatic rings. The second-order valence-corrected chi connectivity index (χ2v) is 6.56. The van der Waals surface area contributed by atoms with Crippen molar-refractivity contribution in [2.24, 2.45) is 0 Å². The van der Waals surface area contributed by atoms with Crippen LogP contribution < -0.4 is 0 Å². The SMILES string of the molecule is C[C@H]1CC(c2ncc(C(F)F)cn2)=CCN1C(=O)OC(C)(C)C. The fourth-order valence-corrected chi connectivity index (χ4v) is 2.27. The van der Waals surface area contributed by atoms with E-state index in [2.05, 4.69) is 9.97 Å². The number of hydrogen-bond donors (Lipinski definition) is 0. The van der Waals surface area contributed by atoms with Gasteiger partial charge < -0.3 is 9.64 Å². The summed E-state index contributed by atoms with van der Waals surface area (Å²) >= 11 is 0. The van der Waals surface area contributed by atoms with Gasteiger partial charge in [-0.3, -0.25) is 0 Å². The van der Waals surface area contributed by atoms with Crippen LogP contribution in [0.25, 0.3) is 5.57 Å². The topological polar surface area (TPSA) is 55.3 Å². The Morgan fingerprint density at radius 3 is 2.43 bits per heavy atom. The molecular weight excluding hydrogens is 304 g/mol. The summed E-state index contributed by atoms with van der Waals surface area (Å²) in [6, 6.07) is -0.0803. The Balaban J connectivity index is 2.09. The summed E-state index contributed by atoms with van der Waals surface area (Å²) in [4.78, 5) is 21.8. The number of halogens is 2. The van der Waals surface area contributed by atoms with Gasteiger partial charge in [0.25, 0.3) is 6.43 Å². The number of rotatable bonds is 2. The van der Waals surface area contributed by atoms with Gasteiger partial charge in [-0.15, -0.1) is 0 Å². The van der Waals surface area contributed by atoms with Gasteiger partial charge in [0.1, 0.15) is 5.60 Å². The standard InChI is InChI=1S/C16H21F2N3O2/c1-10-7-11(14-19-8-12(9-20-14)13(17)18)5-6-21(10)15(22)23-16(2,3)4/h5,8-10,13H,6-7H2,1-4H3/t10-/m0/s1. The molecule has 2 heterocycles. The highest BCUT2D eigenvalue weighted by molar-refractivity contribution is 5.72. The third kappa shape index (κ3) is 4.46. The summed E-state index contributed by atoms with van der Waals surface area (Å²) in [5.74, 6) is 0.421. The zero-order valence-corrected chi connectivity index (χ0v) is 13.7. The Morgan fingerprint density at radius 1 is 1.35 bits per heavy atom. The number of aromatic nitrogens is 2. The quantitative estimate of drug-likeness (QED) is 0.829. The van der Waals surface area contributed by atoms with Crippen LogP contribution in [0.5, 0.6) is 0 Å². The van der Waals surface area contributed by atoms with Crippen molar-refractivity contribution in [3.8, 4) is 0 Å². The van der Waals surface area contributed by atoms with Gasteiger partial charge in [-0.05, 0) is 39.7 Å². The van der Waals surface area contributed by atoms with Gasteiger partial charge in [-0.1, -0.05) is 6.08 Å². The molecule has 0 spiro atoms.